The van der Waals surface area contributed by atoms with Gasteiger partial charge in [0.2, 0.25) is 0 Å². The quantitative estimate of drug-likeness (QED) is 0.591. The highest BCUT2D eigenvalue weighted by atomic mass is 16.5. The van der Waals surface area contributed by atoms with Gasteiger partial charge in [0.1, 0.15) is 0 Å². The molecular weight excluding hydrogens is 168 g/mol. The maximum Gasteiger partial charge on any atom is 0.321 e. The average Bonchev–Trinajstić information content (AvgIpc) is 2.47. The van der Waals surface area contributed by atoms with Crippen LogP contribution in [-0.4, -0.2) is 17.2 Å². The van der Waals surface area contributed by atoms with Crippen LogP contribution in [0.3, 0.4) is 0 Å². The Balaban J connectivity index is 2.12. The number of hydrazine groups is 1. The van der Waals surface area contributed by atoms with Gasteiger partial charge in [0.25, 0.3) is 0 Å². The monoisotopic (exact) mass is 176 g/mol. The Morgan fingerprint density at radius 2 is 2.31 bits per heavy atom. The predicted molar refractivity (Wildman–Crippen MR) is 49.4 cm³/mol. The minimum atomic E-state index is 0.429. The molecule has 0 saturated carbocycles. The number of rotatable bonds is 0. The van der Waals surface area contributed by atoms with Crippen molar-refractivity contribution in [2.75, 3.05) is 0 Å². The van der Waals surface area contributed by atoms with Gasteiger partial charge in [0.15, 0.2) is 0 Å². The normalized spacial score (nSPS) is 19.1. The zero-order valence-corrected chi connectivity index (χ0v) is 6.79. The molecule has 0 bridgehead atoms. The Kier molecular flexibility index (Phi) is 2.09. The van der Waals surface area contributed by atoms with Gasteiger partial charge in [-0.25, -0.2) is 10.5 Å². The van der Waals surface area contributed by atoms with Crippen molar-refractivity contribution in [1.82, 2.24) is 10.5 Å². The van der Waals surface area contributed by atoms with Crippen LogP contribution in [-0.2, 0) is 4.74 Å². The topological polar surface area (TPSA) is 49.2 Å². The summed E-state index contributed by atoms with van der Waals surface area (Å²) < 4.78 is 5.19. The van der Waals surface area contributed by atoms with Gasteiger partial charge < -0.3 is 4.74 Å². The van der Waals surface area contributed by atoms with E-state index >= 15 is 0 Å². The Morgan fingerprint density at radius 1 is 1.31 bits per heavy atom. The Hall–Kier alpha value is -2.04. The van der Waals surface area contributed by atoms with Gasteiger partial charge in [-0.2, -0.15) is 10.1 Å². The van der Waals surface area contributed by atoms with Crippen LogP contribution in [0.15, 0.2) is 47.0 Å². The number of amidine groups is 1. The first-order valence-corrected chi connectivity index (χ1v) is 3.78. The molecule has 0 aromatic heterocycles. The van der Waals surface area contributed by atoms with E-state index < -0.39 is 0 Å². The lowest BCUT2D eigenvalue weighted by atomic mass is 10.6. The smallest absolute Gasteiger partial charge is 0.321 e. The van der Waals surface area contributed by atoms with Gasteiger partial charge in [0.05, 0.1) is 12.5 Å². The molecule has 0 unspecified atom stereocenters. The van der Waals surface area contributed by atoms with Crippen LogP contribution in [0.1, 0.15) is 0 Å². The minimum absolute atomic E-state index is 0.429. The molecule has 0 saturated heterocycles. The van der Waals surface area contributed by atoms with Crippen LogP contribution < -0.4 is 5.53 Å². The number of hydrogen-bond donors (Lipinski definition) is 1. The van der Waals surface area contributed by atoms with Crippen molar-refractivity contribution in [2.45, 2.75) is 0 Å². The molecule has 0 amide bonds. The summed E-state index contributed by atoms with van der Waals surface area (Å²) in [4.78, 5) is 4.04. The fraction of sp³-hybridized carbons (Fsp3) is 0. The third kappa shape index (κ3) is 1.76. The number of hydrazone groups is 1. The third-order valence-electron chi connectivity index (χ3n) is 1.40. The Morgan fingerprint density at radius 3 is 3.15 bits per heavy atom. The van der Waals surface area contributed by atoms with Gasteiger partial charge >= 0.3 is 6.02 Å². The van der Waals surface area contributed by atoms with Crippen molar-refractivity contribution < 1.29 is 4.74 Å². The Bertz CT molecular complexity index is 327. The van der Waals surface area contributed by atoms with Crippen LogP contribution in [0, 0.1) is 0 Å². The summed E-state index contributed by atoms with van der Waals surface area (Å²) in [6.45, 7) is 0. The molecular formula is C8H8N4O. The molecule has 2 heterocycles. The van der Waals surface area contributed by atoms with E-state index in [9.17, 15) is 0 Å². The SMILES string of the molecule is C1=CN=C(N2C=CC=NN2)OC=C1. The number of aliphatic imine (C=N–C) groups is 1. The van der Waals surface area contributed by atoms with E-state index in [1.165, 1.54) is 0 Å². The molecule has 2 aliphatic heterocycles. The lowest BCUT2D eigenvalue weighted by Crippen LogP contribution is -2.37. The summed E-state index contributed by atoms with van der Waals surface area (Å²) in [7, 11) is 0. The molecule has 0 fully saturated rings. The number of nitrogens with zero attached hydrogens (tertiary/aromatic N) is 3. The van der Waals surface area contributed by atoms with E-state index in [0.717, 1.165) is 0 Å². The fourth-order valence-electron chi connectivity index (χ4n) is 0.854. The molecule has 0 aromatic rings. The lowest BCUT2D eigenvalue weighted by Gasteiger charge is -2.19. The molecule has 0 aromatic carbocycles. The molecule has 2 rings (SSSR count). The first-order valence-electron chi connectivity index (χ1n) is 3.78. The highest BCUT2D eigenvalue weighted by Gasteiger charge is 2.09. The second kappa shape index (κ2) is 3.57. The van der Waals surface area contributed by atoms with Crippen molar-refractivity contribution in [3.63, 3.8) is 0 Å². The third-order valence-corrected chi connectivity index (χ3v) is 1.40. The molecule has 1 N–H and O–H groups in total. The van der Waals surface area contributed by atoms with Crippen molar-refractivity contribution in [3.8, 4) is 0 Å². The largest absolute Gasteiger partial charge is 0.432 e. The van der Waals surface area contributed by atoms with Crippen LogP contribution in [0.25, 0.3) is 0 Å². The first kappa shape index (κ1) is 7.60. The van der Waals surface area contributed by atoms with E-state index in [2.05, 4.69) is 15.6 Å². The fourth-order valence-corrected chi connectivity index (χ4v) is 0.854. The number of nitrogens with one attached hydrogen (secondary N) is 1. The van der Waals surface area contributed by atoms with E-state index in [0.29, 0.717) is 6.02 Å². The summed E-state index contributed by atoms with van der Waals surface area (Å²) in [5.74, 6) is 0. The molecule has 2 aliphatic rings. The zero-order valence-electron chi connectivity index (χ0n) is 6.79. The second-order valence-electron chi connectivity index (χ2n) is 2.29. The van der Waals surface area contributed by atoms with E-state index in [4.69, 9.17) is 4.74 Å². The number of hydrogen-bond acceptors (Lipinski definition) is 5. The van der Waals surface area contributed by atoms with Gasteiger partial charge in [-0.3, -0.25) is 0 Å². The highest BCUT2D eigenvalue weighted by molar-refractivity contribution is 5.79. The van der Waals surface area contributed by atoms with E-state index in [1.807, 2.05) is 0 Å². The molecule has 5 heteroatoms. The predicted octanol–water partition coefficient (Wildman–Crippen LogP) is 0.720. The van der Waals surface area contributed by atoms with Gasteiger partial charge in [-0.05, 0) is 18.2 Å². The lowest BCUT2D eigenvalue weighted by molar-refractivity contribution is 0.311. The summed E-state index contributed by atoms with van der Waals surface area (Å²) in [6, 6.07) is 0.429. The first-order chi connectivity index (χ1) is 6.47. The van der Waals surface area contributed by atoms with Crippen molar-refractivity contribution in [2.24, 2.45) is 10.1 Å². The van der Waals surface area contributed by atoms with Crippen molar-refractivity contribution in [1.29, 1.82) is 0 Å². The molecule has 0 atom stereocenters. The van der Waals surface area contributed by atoms with Crippen LogP contribution in [0.4, 0.5) is 0 Å². The number of ether oxygens (including phenoxy) is 1. The maximum absolute atomic E-state index is 5.19. The molecule has 0 radical (unpaired) electrons. The van der Waals surface area contributed by atoms with Crippen molar-refractivity contribution in [3.05, 3.63) is 36.9 Å². The van der Waals surface area contributed by atoms with Crippen LogP contribution in [0.5, 0.6) is 0 Å². The van der Waals surface area contributed by atoms with E-state index in [1.54, 1.807) is 48.1 Å². The highest BCUT2D eigenvalue weighted by Crippen LogP contribution is 1.99. The molecule has 13 heavy (non-hydrogen) atoms. The molecule has 5 nitrogen and oxygen atoms in total. The minimum Gasteiger partial charge on any atom is -0.432 e. The zero-order chi connectivity index (χ0) is 8.93. The van der Waals surface area contributed by atoms with Crippen LogP contribution in [0.2, 0.25) is 0 Å². The van der Waals surface area contributed by atoms with Crippen molar-refractivity contribution >= 4 is 12.2 Å². The summed E-state index contributed by atoms with van der Waals surface area (Å²) >= 11 is 0. The molecule has 66 valence electrons. The molecule has 0 aliphatic carbocycles. The summed E-state index contributed by atoms with van der Waals surface area (Å²) in [5, 5.41) is 5.39. The van der Waals surface area contributed by atoms with Crippen LogP contribution >= 0.6 is 0 Å². The summed E-state index contributed by atoms with van der Waals surface area (Å²) in [6.07, 6.45) is 11.9. The van der Waals surface area contributed by atoms with Gasteiger partial charge in [0, 0.05) is 12.4 Å². The average molecular weight is 176 g/mol. The maximum atomic E-state index is 5.19. The Labute approximate surface area is 75.4 Å². The summed E-state index contributed by atoms with van der Waals surface area (Å²) in [5.41, 5.74) is 2.71. The van der Waals surface area contributed by atoms with Gasteiger partial charge in [-0.1, -0.05) is 0 Å². The number of allylic oxidation sites excluding steroid dienone is 3. The standard InChI is InChI=1S/C8H8N4O/c1-2-7-13-8(9-4-1)12-6-3-5-10-11-12/h1-7,11H. The van der Waals surface area contributed by atoms with E-state index in [-0.39, 0.29) is 0 Å². The van der Waals surface area contributed by atoms with Gasteiger partial charge in [-0.15, -0.1) is 0 Å². The second-order valence-corrected chi connectivity index (χ2v) is 2.29. The molecule has 0 spiro atoms.